The molecule has 0 unspecified atom stereocenters. The van der Waals surface area contributed by atoms with Crippen LogP contribution in [-0.4, -0.2) is 24.2 Å². The average Bonchev–Trinajstić information content (AvgIpc) is 2.28. The van der Waals surface area contributed by atoms with Crippen LogP contribution in [-0.2, 0) is 0 Å². The monoisotopic (exact) mass is 235 g/mol. The summed E-state index contributed by atoms with van der Waals surface area (Å²) in [6.07, 6.45) is 3.03. The predicted molar refractivity (Wildman–Crippen MR) is 63.9 cm³/mol. The Morgan fingerprint density at radius 1 is 1.47 bits per heavy atom. The van der Waals surface area contributed by atoms with E-state index in [4.69, 9.17) is 5.11 Å². The number of carboxylic acids is 1. The predicted octanol–water partition coefficient (Wildman–Crippen LogP) is 2.68. The van der Waals surface area contributed by atoms with Gasteiger partial charge in [0.05, 0.1) is 11.3 Å². The molecule has 0 atom stereocenters. The fourth-order valence-electron chi connectivity index (χ4n) is 2.07. The van der Waals surface area contributed by atoms with E-state index >= 15 is 0 Å². The molecule has 1 aliphatic heterocycles. The van der Waals surface area contributed by atoms with Crippen molar-refractivity contribution in [3.63, 3.8) is 0 Å². The van der Waals surface area contributed by atoms with Crippen LogP contribution in [0.3, 0.4) is 0 Å². The van der Waals surface area contributed by atoms with E-state index in [0.717, 1.165) is 19.0 Å². The van der Waals surface area contributed by atoms with E-state index in [0.29, 0.717) is 12.2 Å². The second-order valence-electron chi connectivity index (χ2n) is 4.23. The summed E-state index contributed by atoms with van der Waals surface area (Å²) in [6.45, 7) is 3.48. The van der Waals surface area contributed by atoms with Gasteiger partial charge in [0, 0.05) is 13.1 Å². The van der Waals surface area contributed by atoms with E-state index in [2.05, 4.69) is 6.08 Å². The lowest BCUT2D eigenvalue weighted by Crippen LogP contribution is -2.30. The van der Waals surface area contributed by atoms with Gasteiger partial charge in [-0.2, -0.15) is 0 Å². The van der Waals surface area contributed by atoms with E-state index in [1.165, 1.54) is 17.7 Å². The number of aromatic carboxylic acids is 1. The summed E-state index contributed by atoms with van der Waals surface area (Å²) in [7, 11) is 0. The molecule has 0 saturated carbocycles. The maximum atomic E-state index is 13.1. The average molecular weight is 235 g/mol. The minimum Gasteiger partial charge on any atom is -0.478 e. The molecule has 0 aliphatic carbocycles. The molecule has 1 heterocycles. The van der Waals surface area contributed by atoms with Crippen molar-refractivity contribution in [1.29, 1.82) is 0 Å². The minimum atomic E-state index is -1.09. The largest absolute Gasteiger partial charge is 0.478 e. The Morgan fingerprint density at radius 2 is 2.24 bits per heavy atom. The Bertz CT molecular complexity index is 482. The van der Waals surface area contributed by atoms with Crippen LogP contribution in [0.15, 0.2) is 29.8 Å². The van der Waals surface area contributed by atoms with E-state index in [1.54, 1.807) is 0 Å². The normalized spacial score (nSPS) is 15.6. The van der Waals surface area contributed by atoms with Crippen molar-refractivity contribution in [2.45, 2.75) is 13.3 Å². The van der Waals surface area contributed by atoms with Crippen LogP contribution in [0.5, 0.6) is 0 Å². The SMILES string of the molecule is CC1=CCCN(c2ccc(F)cc2C(=O)O)C1. The number of nitrogens with zero attached hydrogens (tertiary/aromatic N) is 1. The number of halogens is 1. The zero-order valence-electron chi connectivity index (χ0n) is 9.61. The van der Waals surface area contributed by atoms with Gasteiger partial charge in [-0.25, -0.2) is 9.18 Å². The molecule has 3 nitrogen and oxygen atoms in total. The molecule has 4 heteroatoms. The molecule has 0 saturated heterocycles. The van der Waals surface area contributed by atoms with Gasteiger partial charge < -0.3 is 10.0 Å². The first-order valence-electron chi connectivity index (χ1n) is 5.51. The molecule has 1 aromatic rings. The highest BCUT2D eigenvalue weighted by Crippen LogP contribution is 2.25. The number of benzene rings is 1. The van der Waals surface area contributed by atoms with Crippen LogP contribution in [0, 0.1) is 5.82 Å². The summed E-state index contributed by atoms with van der Waals surface area (Å²) in [5.74, 6) is -1.61. The van der Waals surface area contributed by atoms with Gasteiger partial charge in [0.15, 0.2) is 0 Å². The first-order chi connectivity index (χ1) is 8.08. The van der Waals surface area contributed by atoms with E-state index in [-0.39, 0.29) is 5.56 Å². The van der Waals surface area contributed by atoms with Crippen molar-refractivity contribution in [3.8, 4) is 0 Å². The number of hydrogen-bond donors (Lipinski definition) is 1. The molecular weight excluding hydrogens is 221 g/mol. The van der Waals surface area contributed by atoms with Crippen molar-refractivity contribution in [2.24, 2.45) is 0 Å². The topological polar surface area (TPSA) is 40.5 Å². The van der Waals surface area contributed by atoms with E-state index in [9.17, 15) is 9.18 Å². The molecule has 0 bridgehead atoms. The summed E-state index contributed by atoms with van der Waals surface area (Å²) in [5.41, 5.74) is 1.82. The molecule has 17 heavy (non-hydrogen) atoms. The third kappa shape index (κ3) is 2.46. The molecule has 2 rings (SSSR count). The molecule has 0 amide bonds. The molecule has 90 valence electrons. The minimum absolute atomic E-state index is 0.0275. The number of carbonyl (C=O) groups is 1. The molecule has 0 radical (unpaired) electrons. The van der Waals surface area contributed by atoms with Crippen molar-refractivity contribution < 1.29 is 14.3 Å². The zero-order valence-corrected chi connectivity index (χ0v) is 9.61. The van der Waals surface area contributed by atoms with Gasteiger partial charge in [-0.1, -0.05) is 11.6 Å². The Balaban J connectivity index is 2.38. The summed E-state index contributed by atoms with van der Waals surface area (Å²) in [6, 6.07) is 3.91. The highest BCUT2D eigenvalue weighted by Gasteiger charge is 2.18. The molecular formula is C13H14FNO2. The third-order valence-corrected chi connectivity index (χ3v) is 2.86. The summed E-state index contributed by atoms with van der Waals surface area (Å²) in [5, 5.41) is 9.08. The Kier molecular flexibility index (Phi) is 3.13. The molecule has 0 fully saturated rings. The van der Waals surface area contributed by atoms with Gasteiger partial charge in [-0.3, -0.25) is 0 Å². The van der Waals surface area contributed by atoms with Gasteiger partial charge in [0.25, 0.3) is 0 Å². The standard InChI is InChI=1S/C13H14FNO2/c1-9-3-2-6-15(8-9)12-5-4-10(14)7-11(12)13(16)17/h3-5,7H,2,6,8H2,1H3,(H,16,17). The Hall–Kier alpha value is -1.84. The molecule has 0 aromatic heterocycles. The number of anilines is 1. The molecule has 1 N–H and O–H groups in total. The molecule has 1 aliphatic rings. The molecule has 1 aromatic carbocycles. The van der Waals surface area contributed by atoms with Crippen molar-refractivity contribution in [2.75, 3.05) is 18.0 Å². The van der Waals surface area contributed by atoms with Crippen LogP contribution in [0.4, 0.5) is 10.1 Å². The fraction of sp³-hybridized carbons (Fsp3) is 0.308. The second kappa shape index (κ2) is 4.57. The number of carboxylic acid groups (broad SMARTS) is 1. The maximum absolute atomic E-state index is 13.1. The van der Waals surface area contributed by atoms with Crippen LogP contribution in [0.1, 0.15) is 23.7 Å². The van der Waals surface area contributed by atoms with Gasteiger partial charge >= 0.3 is 5.97 Å². The number of hydrogen-bond acceptors (Lipinski definition) is 2. The maximum Gasteiger partial charge on any atom is 0.337 e. The van der Waals surface area contributed by atoms with Crippen LogP contribution < -0.4 is 4.90 Å². The second-order valence-corrected chi connectivity index (χ2v) is 4.23. The van der Waals surface area contributed by atoms with Gasteiger partial charge in [0.2, 0.25) is 0 Å². The van der Waals surface area contributed by atoms with E-state index < -0.39 is 11.8 Å². The van der Waals surface area contributed by atoms with Crippen LogP contribution >= 0.6 is 0 Å². The Morgan fingerprint density at radius 3 is 2.88 bits per heavy atom. The van der Waals surface area contributed by atoms with Gasteiger partial charge in [-0.05, 0) is 31.5 Å². The van der Waals surface area contributed by atoms with Crippen LogP contribution in [0.2, 0.25) is 0 Å². The van der Waals surface area contributed by atoms with Gasteiger partial charge in [-0.15, -0.1) is 0 Å². The van der Waals surface area contributed by atoms with Crippen molar-refractivity contribution >= 4 is 11.7 Å². The lowest BCUT2D eigenvalue weighted by Gasteiger charge is -2.29. The number of rotatable bonds is 2. The fourth-order valence-corrected chi connectivity index (χ4v) is 2.07. The highest BCUT2D eigenvalue weighted by molar-refractivity contribution is 5.94. The Labute approximate surface area is 99.2 Å². The zero-order chi connectivity index (χ0) is 12.4. The highest BCUT2D eigenvalue weighted by atomic mass is 19.1. The summed E-state index contributed by atoms with van der Waals surface area (Å²) >= 11 is 0. The van der Waals surface area contributed by atoms with E-state index in [1.807, 2.05) is 11.8 Å². The lowest BCUT2D eigenvalue weighted by molar-refractivity contribution is 0.0697. The lowest BCUT2D eigenvalue weighted by atomic mass is 10.1. The quantitative estimate of drug-likeness (QED) is 0.801. The van der Waals surface area contributed by atoms with Crippen molar-refractivity contribution in [3.05, 3.63) is 41.2 Å². The first-order valence-corrected chi connectivity index (χ1v) is 5.51. The summed E-state index contributed by atoms with van der Waals surface area (Å²) < 4.78 is 13.1. The smallest absolute Gasteiger partial charge is 0.337 e. The van der Waals surface area contributed by atoms with Crippen molar-refractivity contribution in [1.82, 2.24) is 0 Å². The molecule has 0 spiro atoms. The summed E-state index contributed by atoms with van der Waals surface area (Å²) in [4.78, 5) is 13.1. The van der Waals surface area contributed by atoms with Gasteiger partial charge in [0.1, 0.15) is 5.82 Å². The first kappa shape index (κ1) is 11.6. The van der Waals surface area contributed by atoms with Crippen LogP contribution in [0.25, 0.3) is 0 Å². The third-order valence-electron chi connectivity index (χ3n) is 2.86.